The van der Waals surface area contributed by atoms with Gasteiger partial charge in [0, 0.05) is 0 Å². The van der Waals surface area contributed by atoms with Crippen LogP contribution in [-0.2, 0) is 16.5 Å². The number of hydrogen-bond donors (Lipinski definition) is 2. The van der Waals surface area contributed by atoms with Crippen LogP contribution >= 0.6 is 0 Å². The molecule has 4 nitrogen and oxygen atoms in total. The zero-order valence-corrected chi connectivity index (χ0v) is 12.0. The Morgan fingerprint density at radius 1 is 0.900 bits per heavy atom. The topological polar surface area (TPSA) is 80.4 Å². The van der Waals surface area contributed by atoms with Crippen molar-refractivity contribution in [3.05, 3.63) is 29.8 Å². The molecule has 0 saturated carbocycles. The van der Waals surface area contributed by atoms with Crippen molar-refractivity contribution in [1.29, 1.82) is 0 Å². The third-order valence-electron chi connectivity index (χ3n) is 3.14. The number of unbranched alkanes of at least 4 members (excludes halogenated alkanes) is 5. The Morgan fingerprint density at radius 3 is 1.90 bits per heavy atom. The van der Waals surface area contributed by atoms with Gasteiger partial charge in [-0.25, -0.2) is 0 Å². The van der Waals surface area contributed by atoms with E-state index in [-0.39, 0.29) is 34.5 Å². The van der Waals surface area contributed by atoms with Crippen LogP contribution < -0.4 is 5.73 Å². The molecule has 0 aliphatic rings. The fourth-order valence-corrected chi connectivity index (χ4v) is 2.49. The van der Waals surface area contributed by atoms with E-state index in [0.29, 0.717) is 0 Å². The van der Waals surface area contributed by atoms with Gasteiger partial charge in [-0.1, -0.05) is 37.8 Å². The van der Waals surface area contributed by atoms with Crippen molar-refractivity contribution in [1.82, 2.24) is 0 Å². The van der Waals surface area contributed by atoms with Gasteiger partial charge in [0.05, 0.1) is 4.90 Å². The minimum atomic E-state index is -4.07. The van der Waals surface area contributed by atoms with Crippen molar-refractivity contribution in [3.8, 4) is 0 Å². The molecule has 0 fully saturated rings. The summed E-state index contributed by atoms with van der Waals surface area (Å²) in [7, 11) is -4.07. The molecule has 1 aromatic carbocycles. The summed E-state index contributed by atoms with van der Waals surface area (Å²) in [6.07, 6.45) is 8.01. The molecule has 0 radical (unpaired) electrons. The molecular formula is C14H24NNaO3S. The first-order chi connectivity index (χ1) is 9.04. The number of nitrogens with two attached hydrogens (primary N) is 1. The van der Waals surface area contributed by atoms with Crippen molar-refractivity contribution >= 4 is 39.7 Å². The van der Waals surface area contributed by atoms with Gasteiger partial charge in [-0.3, -0.25) is 4.55 Å². The van der Waals surface area contributed by atoms with E-state index in [4.69, 9.17) is 10.3 Å². The molecule has 0 aromatic heterocycles. The second-order valence-corrected chi connectivity index (χ2v) is 6.20. The number of benzene rings is 1. The van der Waals surface area contributed by atoms with Gasteiger partial charge >= 0.3 is 29.6 Å². The van der Waals surface area contributed by atoms with Crippen LogP contribution in [0.5, 0.6) is 0 Å². The van der Waals surface area contributed by atoms with Crippen LogP contribution in [0.3, 0.4) is 0 Å². The van der Waals surface area contributed by atoms with E-state index in [1.165, 1.54) is 37.8 Å². The quantitative estimate of drug-likeness (QED) is 0.416. The predicted molar refractivity (Wildman–Crippen MR) is 83.9 cm³/mol. The van der Waals surface area contributed by atoms with Gasteiger partial charge in [0.25, 0.3) is 10.1 Å². The standard InChI is InChI=1S/C14H23NO3S.Na.H/c15-12-6-4-2-1-3-5-7-13-8-10-14(11-9-13)19(16,17)18;;/h8-11H,1-7,12,15H2,(H,16,17,18);;. The third-order valence-corrected chi connectivity index (χ3v) is 4.01. The first-order valence-electron chi connectivity index (χ1n) is 6.80. The van der Waals surface area contributed by atoms with E-state index in [1.807, 2.05) is 0 Å². The molecule has 20 heavy (non-hydrogen) atoms. The summed E-state index contributed by atoms with van der Waals surface area (Å²) in [6, 6.07) is 6.42. The van der Waals surface area contributed by atoms with E-state index in [0.717, 1.165) is 31.4 Å². The van der Waals surface area contributed by atoms with Gasteiger partial charge in [0.1, 0.15) is 0 Å². The summed E-state index contributed by atoms with van der Waals surface area (Å²) in [5.74, 6) is 0. The van der Waals surface area contributed by atoms with Gasteiger partial charge in [-0.2, -0.15) is 8.42 Å². The maximum atomic E-state index is 10.9. The van der Waals surface area contributed by atoms with Crippen molar-refractivity contribution in [2.24, 2.45) is 5.73 Å². The molecule has 0 saturated heterocycles. The number of rotatable bonds is 9. The predicted octanol–water partition coefficient (Wildman–Crippen LogP) is 2.13. The maximum absolute atomic E-state index is 10.9. The number of aryl methyl sites for hydroxylation is 1. The van der Waals surface area contributed by atoms with Gasteiger partial charge in [0.2, 0.25) is 0 Å². The Morgan fingerprint density at radius 2 is 1.40 bits per heavy atom. The van der Waals surface area contributed by atoms with Crippen LogP contribution in [0.1, 0.15) is 44.1 Å². The van der Waals surface area contributed by atoms with Crippen LogP contribution in [-0.4, -0.2) is 49.1 Å². The molecule has 0 aliphatic heterocycles. The molecule has 1 aromatic rings. The molecule has 1 rings (SSSR count). The zero-order chi connectivity index (χ0) is 14.1. The van der Waals surface area contributed by atoms with Crippen LogP contribution in [0, 0.1) is 0 Å². The molecule has 0 heterocycles. The minimum absolute atomic E-state index is 0. The molecule has 0 bridgehead atoms. The summed E-state index contributed by atoms with van der Waals surface area (Å²) in [5.41, 5.74) is 6.53. The summed E-state index contributed by atoms with van der Waals surface area (Å²) in [4.78, 5) is -0.0435. The summed E-state index contributed by atoms with van der Waals surface area (Å²) >= 11 is 0. The van der Waals surface area contributed by atoms with Gasteiger partial charge in [-0.15, -0.1) is 0 Å². The summed E-state index contributed by atoms with van der Waals surface area (Å²) in [6.45, 7) is 0.778. The van der Waals surface area contributed by atoms with Crippen LogP contribution in [0.2, 0.25) is 0 Å². The van der Waals surface area contributed by atoms with Crippen molar-refractivity contribution in [2.45, 2.75) is 49.8 Å². The molecular weight excluding hydrogens is 285 g/mol. The first kappa shape index (κ1) is 20.1. The molecule has 0 amide bonds. The average Bonchev–Trinajstić information content (AvgIpc) is 2.37. The second kappa shape index (κ2) is 10.8. The van der Waals surface area contributed by atoms with Crippen molar-refractivity contribution in [3.63, 3.8) is 0 Å². The molecule has 6 heteroatoms. The Hall–Kier alpha value is 0.0900. The van der Waals surface area contributed by atoms with Crippen LogP contribution in [0.15, 0.2) is 29.2 Å². The van der Waals surface area contributed by atoms with E-state index >= 15 is 0 Å². The van der Waals surface area contributed by atoms with E-state index in [1.54, 1.807) is 12.1 Å². The monoisotopic (exact) mass is 309 g/mol. The Labute approximate surface area is 144 Å². The Bertz CT molecular complexity index is 460. The van der Waals surface area contributed by atoms with Crippen molar-refractivity contribution in [2.75, 3.05) is 6.54 Å². The molecule has 110 valence electrons. The molecule has 0 atom stereocenters. The average molecular weight is 309 g/mol. The van der Waals surface area contributed by atoms with Crippen LogP contribution in [0.4, 0.5) is 0 Å². The number of hydrogen-bond acceptors (Lipinski definition) is 3. The Kier molecular flexibility index (Phi) is 10.8. The van der Waals surface area contributed by atoms with Crippen molar-refractivity contribution < 1.29 is 13.0 Å². The van der Waals surface area contributed by atoms with Crippen LogP contribution in [0.25, 0.3) is 0 Å². The SMILES string of the molecule is NCCCCCCCCc1ccc(S(=O)(=O)O)cc1.[NaH]. The molecule has 0 spiro atoms. The fourth-order valence-electron chi connectivity index (χ4n) is 2.01. The van der Waals surface area contributed by atoms with E-state index in [9.17, 15) is 8.42 Å². The fraction of sp³-hybridized carbons (Fsp3) is 0.571. The molecule has 0 unspecified atom stereocenters. The Balaban J connectivity index is 0.00000361. The van der Waals surface area contributed by atoms with Gasteiger partial charge in [0.15, 0.2) is 0 Å². The van der Waals surface area contributed by atoms with E-state index < -0.39 is 10.1 Å². The molecule has 0 aliphatic carbocycles. The first-order valence-corrected chi connectivity index (χ1v) is 8.24. The third kappa shape index (κ3) is 8.39. The zero-order valence-electron chi connectivity index (χ0n) is 11.2. The second-order valence-electron chi connectivity index (χ2n) is 4.78. The van der Waals surface area contributed by atoms with E-state index in [2.05, 4.69) is 0 Å². The molecule has 3 N–H and O–H groups in total. The normalized spacial score (nSPS) is 11.1. The summed E-state index contributed by atoms with van der Waals surface area (Å²) < 4.78 is 30.6. The van der Waals surface area contributed by atoms with Gasteiger partial charge in [-0.05, 0) is 43.5 Å². The van der Waals surface area contributed by atoms with Gasteiger partial charge < -0.3 is 5.73 Å². The summed E-state index contributed by atoms with van der Waals surface area (Å²) in [5, 5.41) is 0.